The summed E-state index contributed by atoms with van der Waals surface area (Å²) >= 11 is 0. The predicted octanol–water partition coefficient (Wildman–Crippen LogP) is 2.13. The molecule has 1 aromatic rings. The van der Waals surface area contributed by atoms with Crippen molar-refractivity contribution < 1.29 is 4.92 Å². The van der Waals surface area contributed by atoms with E-state index in [1.165, 1.54) is 6.07 Å². The summed E-state index contributed by atoms with van der Waals surface area (Å²) in [6.45, 7) is 2.05. The van der Waals surface area contributed by atoms with Crippen molar-refractivity contribution >= 4 is 11.4 Å². The summed E-state index contributed by atoms with van der Waals surface area (Å²) in [5, 5.41) is 10.4. The third-order valence-electron chi connectivity index (χ3n) is 1.83. The van der Waals surface area contributed by atoms with Crippen molar-refractivity contribution in [2.24, 2.45) is 0 Å². The van der Waals surface area contributed by atoms with Gasteiger partial charge in [0.05, 0.1) is 4.92 Å². The van der Waals surface area contributed by atoms with Crippen molar-refractivity contribution in [1.29, 1.82) is 0 Å². The number of hydrogen-bond donors (Lipinski definition) is 1. The van der Waals surface area contributed by atoms with Gasteiger partial charge in [-0.1, -0.05) is 19.4 Å². The second-order valence-corrected chi connectivity index (χ2v) is 2.90. The van der Waals surface area contributed by atoms with Gasteiger partial charge in [0.1, 0.15) is 5.69 Å². The lowest BCUT2D eigenvalue weighted by Gasteiger charge is -2.00. The van der Waals surface area contributed by atoms with E-state index in [4.69, 9.17) is 5.73 Å². The van der Waals surface area contributed by atoms with Crippen LogP contribution in [0.15, 0.2) is 18.2 Å². The third kappa shape index (κ3) is 2.18. The molecular weight excluding hydrogens is 168 g/mol. The number of nitrogens with zero attached hydrogens (tertiary/aromatic N) is 1. The molecule has 0 saturated carbocycles. The Balaban J connectivity index is 2.98. The zero-order chi connectivity index (χ0) is 9.84. The van der Waals surface area contributed by atoms with E-state index >= 15 is 0 Å². The van der Waals surface area contributed by atoms with Crippen LogP contribution in [-0.4, -0.2) is 4.92 Å². The van der Waals surface area contributed by atoms with Gasteiger partial charge in [-0.25, -0.2) is 0 Å². The minimum atomic E-state index is -0.467. The molecule has 0 atom stereocenters. The van der Waals surface area contributed by atoms with E-state index in [9.17, 15) is 10.1 Å². The average molecular weight is 180 g/mol. The average Bonchev–Trinajstić information content (AvgIpc) is 2.04. The standard InChI is InChI=1S/C9H12N2O2/c1-2-3-7-4-5-9(11(12)13)8(10)6-7/h4-6H,2-3,10H2,1H3. The maximum Gasteiger partial charge on any atom is 0.292 e. The van der Waals surface area contributed by atoms with Crippen molar-refractivity contribution in [2.75, 3.05) is 5.73 Å². The van der Waals surface area contributed by atoms with Gasteiger partial charge in [0.25, 0.3) is 5.69 Å². The second-order valence-electron chi connectivity index (χ2n) is 2.90. The van der Waals surface area contributed by atoms with E-state index in [1.807, 2.05) is 0 Å². The lowest BCUT2D eigenvalue weighted by molar-refractivity contribution is -0.383. The van der Waals surface area contributed by atoms with Crippen LogP contribution in [0, 0.1) is 10.1 Å². The Labute approximate surface area is 76.5 Å². The highest BCUT2D eigenvalue weighted by molar-refractivity contribution is 5.59. The number of aryl methyl sites for hydroxylation is 1. The molecule has 0 radical (unpaired) electrons. The molecule has 4 heteroatoms. The Kier molecular flexibility index (Phi) is 2.84. The van der Waals surface area contributed by atoms with Crippen LogP contribution in [0.4, 0.5) is 11.4 Å². The van der Waals surface area contributed by atoms with E-state index < -0.39 is 4.92 Å². The normalized spacial score (nSPS) is 9.92. The number of nitro groups is 1. The van der Waals surface area contributed by atoms with Crippen LogP contribution in [0.25, 0.3) is 0 Å². The summed E-state index contributed by atoms with van der Waals surface area (Å²) in [7, 11) is 0. The van der Waals surface area contributed by atoms with Crippen LogP contribution in [0.5, 0.6) is 0 Å². The number of nitrogens with two attached hydrogens (primary N) is 1. The second kappa shape index (κ2) is 3.89. The van der Waals surface area contributed by atoms with E-state index in [0.29, 0.717) is 0 Å². The topological polar surface area (TPSA) is 69.2 Å². The Morgan fingerprint density at radius 1 is 1.54 bits per heavy atom. The fourth-order valence-corrected chi connectivity index (χ4v) is 1.21. The lowest BCUT2D eigenvalue weighted by atomic mass is 10.1. The molecule has 1 aromatic carbocycles. The molecule has 13 heavy (non-hydrogen) atoms. The Bertz CT molecular complexity index is 323. The molecule has 0 heterocycles. The predicted molar refractivity (Wildman–Crippen MR) is 51.5 cm³/mol. The molecule has 0 aliphatic heterocycles. The van der Waals surface area contributed by atoms with Crippen LogP contribution in [0.2, 0.25) is 0 Å². The van der Waals surface area contributed by atoms with E-state index in [1.54, 1.807) is 12.1 Å². The quantitative estimate of drug-likeness (QED) is 0.440. The van der Waals surface area contributed by atoms with Crippen LogP contribution in [0.3, 0.4) is 0 Å². The molecular formula is C9H12N2O2. The minimum absolute atomic E-state index is 0.0140. The van der Waals surface area contributed by atoms with Crippen molar-refractivity contribution in [2.45, 2.75) is 19.8 Å². The first-order chi connectivity index (χ1) is 6.15. The molecule has 0 amide bonds. The maximum absolute atomic E-state index is 10.4. The first-order valence-corrected chi connectivity index (χ1v) is 4.18. The number of anilines is 1. The van der Waals surface area contributed by atoms with E-state index in [0.717, 1.165) is 18.4 Å². The fraction of sp³-hybridized carbons (Fsp3) is 0.333. The van der Waals surface area contributed by atoms with Crippen LogP contribution in [0.1, 0.15) is 18.9 Å². The van der Waals surface area contributed by atoms with Crippen molar-refractivity contribution in [3.63, 3.8) is 0 Å². The summed E-state index contributed by atoms with van der Waals surface area (Å²) in [6, 6.07) is 4.87. The Morgan fingerprint density at radius 3 is 2.69 bits per heavy atom. The van der Waals surface area contributed by atoms with Gasteiger partial charge < -0.3 is 5.73 Å². The van der Waals surface area contributed by atoms with Crippen LogP contribution in [-0.2, 0) is 6.42 Å². The smallest absolute Gasteiger partial charge is 0.292 e. The maximum atomic E-state index is 10.4. The Morgan fingerprint density at radius 2 is 2.23 bits per heavy atom. The summed E-state index contributed by atoms with van der Waals surface area (Å²) < 4.78 is 0. The molecule has 0 bridgehead atoms. The Hall–Kier alpha value is -1.58. The van der Waals surface area contributed by atoms with Gasteiger partial charge in [-0.2, -0.15) is 0 Å². The van der Waals surface area contributed by atoms with Gasteiger partial charge in [-0.3, -0.25) is 10.1 Å². The summed E-state index contributed by atoms with van der Waals surface area (Å²) in [5.74, 6) is 0. The molecule has 0 aromatic heterocycles. The monoisotopic (exact) mass is 180 g/mol. The first-order valence-electron chi connectivity index (χ1n) is 4.18. The number of rotatable bonds is 3. The summed E-state index contributed by atoms with van der Waals surface area (Å²) in [4.78, 5) is 9.95. The molecule has 0 unspecified atom stereocenters. The number of benzene rings is 1. The molecule has 0 aliphatic rings. The molecule has 0 aliphatic carbocycles. The number of nitro benzene ring substituents is 1. The summed E-state index contributed by atoms with van der Waals surface area (Å²) in [5.41, 5.74) is 6.79. The van der Waals surface area contributed by atoms with Crippen molar-refractivity contribution in [1.82, 2.24) is 0 Å². The molecule has 4 nitrogen and oxygen atoms in total. The largest absolute Gasteiger partial charge is 0.393 e. The molecule has 1 rings (SSSR count). The van der Waals surface area contributed by atoms with Crippen LogP contribution >= 0.6 is 0 Å². The third-order valence-corrected chi connectivity index (χ3v) is 1.83. The van der Waals surface area contributed by atoms with Gasteiger partial charge in [-0.05, 0) is 18.1 Å². The minimum Gasteiger partial charge on any atom is -0.393 e. The van der Waals surface area contributed by atoms with Crippen molar-refractivity contribution in [3.8, 4) is 0 Å². The molecule has 0 spiro atoms. The van der Waals surface area contributed by atoms with Crippen molar-refractivity contribution in [3.05, 3.63) is 33.9 Å². The van der Waals surface area contributed by atoms with Gasteiger partial charge >= 0.3 is 0 Å². The van der Waals surface area contributed by atoms with Gasteiger partial charge in [-0.15, -0.1) is 0 Å². The zero-order valence-electron chi connectivity index (χ0n) is 7.49. The highest BCUT2D eigenvalue weighted by atomic mass is 16.6. The number of hydrogen-bond acceptors (Lipinski definition) is 3. The molecule has 0 fully saturated rings. The van der Waals surface area contributed by atoms with Crippen LogP contribution < -0.4 is 5.73 Å². The first kappa shape index (κ1) is 9.51. The zero-order valence-corrected chi connectivity index (χ0v) is 7.49. The van der Waals surface area contributed by atoms with Gasteiger partial charge in [0.2, 0.25) is 0 Å². The summed E-state index contributed by atoms with van der Waals surface area (Å²) in [6.07, 6.45) is 1.92. The highest BCUT2D eigenvalue weighted by Crippen LogP contribution is 2.22. The fourth-order valence-electron chi connectivity index (χ4n) is 1.21. The molecule has 70 valence electrons. The van der Waals surface area contributed by atoms with Gasteiger partial charge in [0.15, 0.2) is 0 Å². The molecule has 2 N–H and O–H groups in total. The highest BCUT2D eigenvalue weighted by Gasteiger charge is 2.10. The number of nitrogen functional groups attached to an aromatic ring is 1. The SMILES string of the molecule is CCCc1ccc([N+](=O)[O-])c(N)c1. The molecule has 0 saturated heterocycles. The lowest BCUT2D eigenvalue weighted by Crippen LogP contribution is -1.96. The van der Waals surface area contributed by atoms with E-state index in [-0.39, 0.29) is 11.4 Å². The van der Waals surface area contributed by atoms with Gasteiger partial charge in [0, 0.05) is 6.07 Å². The van der Waals surface area contributed by atoms with E-state index in [2.05, 4.69) is 6.92 Å².